The van der Waals surface area contributed by atoms with E-state index >= 15 is 0 Å². The molecule has 0 radical (unpaired) electrons. The lowest BCUT2D eigenvalue weighted by Crippen LogP contribution is -2.48. The van der Waals surface area contributed by atoms with Gasteiger partial charge in [-0.15, -0.1) is 0 Å². The number of imide groups is 1. The van der Waals surface area contributed by atoms with Crippen LogP contribution in [0.5, 0.6) is 0 Å². The molecule has 0 spiro atoms. The van der Waals surface area contributed by atoms with E-state index in [1.54, 1.807) is 0 Å². The molecule has 0 bridgehead atoms. The minimum Gasteiger partial charge on any atom is -0.357 e. The number of thioether (sulfide) groups is 1. The number of amides is 3. The second-order valence-electron chi connectivity index (χ2n) is 5.29. The fraction of sp³-hybridized carbons (Fsp3) is 0.786. The normalized spacial score (nSPS) is 23.0. The van der Waals surface area contributed by atoms with Gasteiger partial charge in [-0.25, -0.2) is 4.79 Å². The molecular formula is C14H25N5O2S. The summed E-state index contributed by atoms with van der Waals surface area (Å²) in [6.45, 7) is 7.91. The van der Waals surface area contributed by atoms with Crippen LogP contribution in [0.1, 0.15) is 20.3 Å². The average Bonchev–Trinajstić information content (AvgIpc) is 2.86. The third kappa shape index (κ3) is 4.28. The molecule has 0 aromatic carbocycles. The minimum absolute atomic E-state index is 0.101. The third-order valence-electron chi connectivity index (χ3n) is 3.75. The number of aliphatic imine (C=N–C) groups is 1. The van der Waals surface area contributed by atoms with Crippen molar-refractivity contribution >= 4 is 29.7 Å². The first kappa shape index (κ1) is 16.9. The van der Waals surface area contributed by atoms with E-state index < -0.39 is 0 Å². The van der Waals surface area contributed by atoms with E-state index in [1.807, 2.05) is 18.7 Å². The molecule has 3 amide bonds. The Hall–Kier alpha value is -1.44. The molecule has 0 aromatic rings. The van der Waals surface area contributed by atoms with Crippen LogP contribution in [0.15, 0.2) is 4.99 Å². The van der Waals surface area contributed by atoms with E-state index in [9.17, 15) is 9.59 Å². The molecule has 8 heteroatoms. The molecule has 0 aromatic heterocycles. The van der Waals surface area contributed by atoms with Crippen LogP contribution in [0, 0.1) is 0 Å². The lowest BCUT2D eigenvalue weighted by Gasteiger charge is -2.34. The summed E-state index contributed by atoms with van der Waals surface area (Å²) in [6, 6.07) is -0.314. The summed E-state index contributed by atoms with van der Waals surface area (Å²) >= 11 is 2.02. The van der Waals surface area contributed by atoms with E-state index in [0.29, 0.717) is 18.3 Å². The summed E-state index contributed by atoms with van der Waals surface area (Å²) in [5.74, 6) is 1.81. The molecule has 2 heterocycles. The van der Waals surface area contributed by atoms with Gasteiger partial charge >= 0.3 is 6.03 Å². The summed E-state index contributed by atoms with van der Waals surface area (Å²) < 4.78 is 0. The van der Waals surface area contributed by atoms with Gasteiger partial charge in [0.05, 0.1) is 19.6 Å². The predicted molar refractivity (Wildman–Crippen MR) is 89.2 cm³/mol. The van der Waals surface area contributed by atoms with Crippen LogP contribution in [0.3, 0.4) is 0 Å². The first-order valence-corrected chi connectivity index (χ1v) is 8.93. The van der Waals surface area contributed by atoms with Crippen molar-refractivity contribution in [3.8, 4) is 0 Å². The molecule has 1 unspecified atom stereocenters. The first-order valence-electron chi connectivity index (χ1n) is 7.88. The van der Waals surface area contributed by atoms with E-state index in [2.05, 4.69) is 27.4 Å². The minimum atomic E-state index is -0.314. The number of hydrogen-bond acceptors (Lipinski definition) is 4. The maximum atomic E-state index is 11.5. The van der Waals surface area contributed by atoms with Gasteiger partial charge in [-0.2, -0.15) is 11.8 Å². The smallest absolute Gasteiger partial charge is 0.324 e. The number of nitrogens with zero attached hydrogens (tertiary/aromatic N) is 3. The van der Waals surface area contributed by atoms with Crippen molar-refractivity contribution in [3.63, 3.8) is 0 Å². The number of carbonyl (C=O) groups excluding carboxylic acids is 2. The number of guanidine groups is 1. The Morgan fingerprint density at radius 2 is 2.27 bits per heavy atom. The van der Waals surface area contributed by atoms with Crippen LogP contribution in [-0.2, 0) is 4.79 Å². The van der Waals surface area contributed by atoms with Gasteiger partial charge in [-0.3, -0.25) is 14.7 Å². The van der Waals surface area contributed by atoms with Crippen LogP contribution < -0.4 is 10.6 Å². The highest BCUT2D eigenvalue weighted by Crippen LogP contribution is 2.21. The Bertz CT molecular complexity index is 427. The maximum absolute atomic E-state index is 11.5. The van der Waals surface area contributed by atoms with Crippen LogP contribution in [0.25, 0.3) is 0 Å². The van der Waals surface area contributed by atoms with Gasteiger partial charge in [0.2, 0.25) is 5.91 Å². The van der Waals surface area contributed by atoms with Crippen molar-refractivity contribution in [1.29, 1.82) is 0 Å². The van der Waals surface area contributed by atoms with Gasteiger partial charge in [0.15, 0.2) is 5.96 Å². The fourth-order valence-electron chi connectivity index (χ4n) is 2.52. The quantitative estimate of drug-likeness (QED) is 0.432. The van der Waals surface area contributed by atoms with Crippen LogP contribution >= 0.6 is 11.8 Å². The molecule has 124 valence electrons. The van der Waals surface area contributed by atoms with E-state index in [1.165, 1.54) is 4.90 Å². The molecule has 0 aliphatic carbocycles. The van der Waals surface area contributed by atoms with Gasteiger partial charge in [-0.1, -0.05) is 6.92 Å². The Balaban J connectivity index is 1.92. The average molecular weight is 327 g/mol. The molecule has 2 fully saturated rings. The highest BCUT2D eigenvalue weighted by Gasteiger charge is 2.28. The summed E-state index contributed by atoms with van der Waals surface area (Å²) in [7, 11) is 0. The highest BCUT2D eigenvalue weighted by atomic mass is 32.2. The number of urea groups is 1. The Morgan fingerprint density at radius 1 is 1.45 bits per heavy atom. The molecule has 2 aliphatic rings. The topological polar surface area (TPSA) is 77.0 Å². The lowest BCUT2D eigenvalue weighted by molar-refractivity contribution is -0.124. The third-order valence-corrected chi connectivity index (χ3v) is 5.12. The van der Waals surface area contributed by atoms with Gasteiger partial charge < -0.3 is 15.5 Å². The lowest BCUT2D eigenvalue weighted by atomic mass is 10.3. The number of rotatable bonds is 5. The van der Waals surface area contributed by atoms with Crippen molar-refractivity contribution < 1.29 is 9.59 Å². The Kier molecular flexibility index (Phi) is 6.35. The SMILES string of the molecule is CCNC(=NCCN1C(=O)CNC1=O)N1CCSC(CC)C1. The Labute approximate surface area is 135 Å². The second-order valence-corrected chi connectivity index (χ2v) is 6.70. The zero-order chi connectivity index (χ0) is 15.9. The standard InChI is InChI=1S/C14H25N5O2S/c1-3-11-10-18(7-8-22-11)13(15-4-2)16-5-6-19-12(20)9-17-14(19)21/h11H,3-10H2,1-2H3,(H,15,16)(H,17,21). The molecule has 7 nitrogen and oxygen atoms in total. The number of carbonyl (C=O) groups is 2. The molecule has 0 saturated carbocycles. The summed E-state index contributed by atoms with van der Waals surface area (Å²) in [4.78, 5) is 31.1. The molecular weight excluding hydrogens is 302 g/mol. The summed E-state index contributed by atoms with van der Waals surface area (Å²) in [6.07, 6.45) is 1.16. The zero-order valence-electron chi connectivity index (χ0n) is 13.3. The van der Waals surface area contributed by atoms with Gasteiger partial charge in [0, 0.05) is 30.6 Å². The second kappa shape index (κ2) is 8.26. The molecule has 2 N–H and O–H groups in total. The largest absolute Gasteiger partial charge is 0.357 e. The van der Waals surface area contributed by atoms with Crippen LogP contribution in [0.4, 0.5) is 4.79 Å². The molecule has 2 saturated heterocycles. The number of hydrogen-bond donors (Lipinski definition) is 2. The van der Waals surface area contributed by atoms with E-state index in [-0.39, 0.29) is 18.5 Å². The molecule has 1 atom stereocenters. The van der Waals surface area contributed by atoms with E-state index in [4.69, 9.17) is 0 Å². The van der Waals surface area contributed by atoms with Crippen molar-refractivity contribution in [1.82, 2.24) is 20.4 Å². The Morgan fingerprint density at radius 3 is 2.91 bits per heavy atom. The highest BCUT2D eigenvalue weighted by molar-refractivity contribution is 8.00. The maximum Gasteiger partial charge on any atom is 0.324 e. The molecule has 2 aliphatic heterocycles. The molecule has 2 rings (SSSR count). The van der Waals surface area contributed by atoms with Gasteiger partial charge in [0.25, 0.3) is 0 Å². The predicted octanol–water partition coefficient (Wildman–Crippen LogP) is 0.331. The zero-order valence-corrected chi connectivity index (χ0v) is 14.1. The van der Waals surface area contributed by atoms with Gasteiger partial charge in [0.1, 0.15) is 0 Å². The summed E-state index contributed by atoms with van der Waals surface area (Å²) in [5, 5.41) is 6.47. The van der Waals surface area contributed by atoms with E-state index in [0.717, 1.165) is 37.8 Å². The monoisotopic (exact) mass is 327 g/mol. The van der Waals surface area contributed by atoms with Crippen molar-refractivity contribution in [2.75, 3.05) is 45.0 Å². The summed E-state index contributed by atoms with van der Waals surface area (Å²) in [5.41, 5.74) is 0. The van der Waals surface area contributed by atoms with Crippen molar-refractivity contribution in [2.24, 2.45) is 4.99 Å². The van der Waals surface area contributed by atoms with Crippen molar-refractivity contribution in [3.05, 3.63) is 0 Å². The van der Waals surface area contributed by atoms with Crippen LogP contribution in [0.2, 0.25) is 0 Å². The number of nitrogens with one attached hydrogen (secondary N) is 2. The van der Waals surface area contributed by atoms with Crippen LogP contribution in [-0.4, -0.2) is 78.0 Å². The molecule has 22 heavy (non-hydrogen) atoms. The fourth-order valence-corrected chi connectivity index (χ4v) is 3.70. The first-order chi connectivity index (χ1) is 10.7. The van der Waals surface area contributed by atoms with Crippen molar-refractivity contribution in [2.45, 2.75) is 25.5 Å². The van der Waals surface area contributed by atoms with Gasteiger partial charge in [-0.05, 0) is 13.3 Å².